The van der Waals surface area contributed by atoms with E-state index in [1.54, 1.807) is 0 Å². The van der Waals surface area contributed by atoms with Crippen molar-refractivity contribution in [1.29, 1.82) is 0 Å². The summed E-state index contributed by atoms with van der Waals surface area (Å²) >= 11 is 0. The van der Waals surface area contributed by atoms with Gasteiger partial charge in [-0.2, -0.15) is 4.98 Å². The van der Waals surface area contributed by atoms with E-state index in [2.05, 4.69) is 10.3 Å². The summed E-state index contributed by atoms with van der Waals surface area (Å²) in [5.74, 6) is 0.740. The molecule has 6 heteroatoms. The lowest BCUT2D eigenvalue weighted by atomic mass is 10.3. The number of nitrogens with one attached hydrogen (secondary N) is 1. The molecule has 6 nitrogen and oxygen atoms in total. The van der Waals surface area contributed by atoms with Gasteiger partial charge in [0.2, 0.25) is 5.88 Å². The molecule has 0 aliphatic heterocycles. The molecule has 1 unspecified atom stereocenters. The molecule has 0 radical (unpaired) electrons. The van der Waals surface area contributed by atoms with Crippen LogP contribution in [0.3, 0.4) is 0 Å². The lowest BCUT2D eigenvalue weighted by Gasteiger charge is -2.12. The summed E-state index contributed by atoms with van der Waals surface area (Å²) in [5.41, 5.74) is -0.0192. The maximum absolute atomic E-state index is 10.8. The second-order valence-electron chi connectivity index (χ2n) is 3.67. The third-order valence-corrected chi connectivity index (χ3v) is 2.25. The van der Waals surface area contributed by atoms with Crippen LogP contribution in [0, 0.1) is 10.1 Å². The molecule has 1 aromatic heterocycles. The zero-order valence-corrected chi connectivity index (χ0v) is 10.3. The van der Waals surface area contributed by atoms with Gasteiger partial charge in [0.1, 0.15) is 5.82 Å². The largest absolute Gasteiger partial charge is 0.474 e. The van der Waals surface area contributed by atoms with Crippen LogP contribution in [0.5, 0.6) is 5.88 Å². The number of ether oxygens (including phenoxy) is 1. The Morgan fingerprint density at radius 3 is 2.76 bits per heavy atom. The maximum atomic E-state index is 10.8. The summed E-state index contributed by atoms with van der Waals surface area (Å²) in [7, 11) is 0. The van der Waals surface area contributed by atoms with Gasteiger partial charge in [0, 0.05) is 6.54 Å². The minimum atomic E-state index is -0.452. The molecule has 1 heterocycles. The molecule has 94 valence electrons. The molecule has 1 rings (SSSR count). The van der Waals surface area contributed by atoms with E-state index < -0.39 is 4.92 Å². The fourth-order valence-corrected chi connectivity index (χ4v) is 1.22. The monoisotopic (exact) mass is 239 g/mol. The van der Waals surface area contributed by atoms with E-state index in [0.717, 1.165) is 6.42 Å². The predicted octanol–water partition coefficient (Wildman–Crippen LogP) is 2.60. The molecule has 0 amide bonds. The van der Waals surface area contributed by atoms with Crippen molar-refractivity contribution < 1.29 is 9.66 Å². The number of rotatable bonds is 6. The Bertz CT molecular complexity index is 396. The first-order valence-electron chi connectivity index (χ1n) is 5.63. The van der Waals surface area contributed by atoms with E-state index in [1.165, 1.54) is 12.1 Å². The van der Waals surface area contributed by atoms with Crippen LogP contribution in [-0.2, 0) is 0 Å². The maximum Gasteiger partial charge on any atom is 0.278 e. The molecular formula is C11H17N3O3. The minimum absolute atomic E-state index is 0.0148. The van der Waals surface area contributed by atoms with Gasteiger partial charge >= 0.3 is 0 Å². The van der Waals surface area contributed by atoms with Crippen molar-refractivity contribution in [3.05, 3.63) is 22.2 Å². The van der Waals surface area contributed by atoms with Crippen molar-refractivity contribution >= 4 is 11.5 Å². The lowest BCUT2D eigenvalue weighted by Crippen LogP contribution is -2.12. The first-order valence-corrected chi connectivity index (χ1v) is 5.63. The second kappa shape index (κ2) is 6.03. The van der Waals surface area contributed by atoms with Crippen LogP contribution in [0.15, 0.2) is 12.1 Å². The van der Waals surface area contributed by atoms with Gasteiger partial charge in [-0.15, -0.1) is 0 Å². The Kier molecular flexibility index (Phi) is 4.68. The Labute approximate surface area is 100 Å². The molecule has 1 atom stereocenters. The Morgan fingerprint density at radius 1 is 1.53 bits per heavy atom. The SMILES string of the molecule is CCNc1cc([N+](=O)[O-])cc(OC(C)CC)n1. The Morgan fingerprint density at radius 2 is 2.24 bits per heavy atom. The molecule has 0 aromatic carbocycles. The average Bonchev–Trinajstić information content (AvgIpc) is 2.29. The highest BCUT2D eigenvalue weighted by atomic mass is 16.6. The average molecular weight is 239 g/mol. The van der Waals surface area contributed by atoms with Gasteiger partial charge in [-0.3, -0.25) is 10.1 Å². The summed E-state index contributed by atoms with van der Waals surface area (Å²) in [6.07, 6.45) is 0.806. The van der Waals surface area contributed by atoms with Gasteiger partial charge < -0.3 is 10.1 Å². The number of nitrogens with zero attached hydrogens (tertiary/aromatic N) is 2. The quantitative estimate of drug-likeness (QED) is 0.609. The van der Waals surface area contributed by atoms with Gasteiger partial charge in [0.25, 0.3) is 5.69 Å². The number of hydrogen-bond acceptors (Lipinski definition) is 5. The lowest BCUT2D eigenvalue weighted by molar-refractivity contribution is -0.384. The van der Waals surface area contributed by atoms with E-state index in [9.17, 15) is 10.1 Å². The summed E-state index contributed by atoms with van der Waals surface area (Å²) in [6, 6.07) is 2.74. The fraction of sp³-hybridized carbons (Fsp3) is 0.545. The standard InChI is InChI=1S/C11H17N3O3/c1-4-8(3)17-11-7-9(14(15)16)6-10(13-11)12-5-2/h6-8H,4-5H2,1-3H3,(H,12,13). The van der Waals surface area contributed by atoms with Gasteiger partial charge in [-0.1, -0.05) is 6.92 Å². The van der Waals surface area contributed by atoms with Crippen molar-refractivity contribution in [1.82, 2.24) is 4.98 Å². The van der Waals surface area contributed by atoms with Crippen LogP contribution >= 0.6 is 0 Å². The van der Waals surface area contributed by atoms with Crippen LogP contribution in [-0.4, -0.2) is 22.6 Å². The van der Waals surface area contributed by atoms with Crippen LogP contribution in [0.25, 0.3) is 0 Å². The molecule has 0 aliphatic rings. The first kappa shape index (κ1) is 13.2. The van der Waals surface area contributed by atoms with Gasteiger partial charge in [0.15, 0.2) is 0 Å². The molecule has 0 fully saturated rings. The summed E-state index contributed by atoms with van der Waals surface area (Å²) in [6.45, 7) is 6.42. The van der Waals surface area contributed by atoms with E-state index in [1.807, 2.05) is 20.8 Å². The van der Waals surface area contributed by atoms with Crippen LogP contribution in [0.4, 0.5) is 11.5 Å². The molecule has 0 saturated heterocycles. The zero-order valence-electron chi connectivity index (χ0n) is 10.3. The molecular weight excluding hydrogens is 222 g/mol. The number of hydrogen-bond donors (Lipinski definition) is 1. The van der Waals surface area contributed by atoms with Gasteiger partial charge in [-0.05, 0) is 20.3 Å². The molecule has 0 aliphatic carbocycles. The molecule has 1 N–H and O–H groups in total. The van der Waals surface area contributed by atoms with Gasteiger partial charge in [0.05, 0.1) is 23.2 Å². The summed E-state index contributed by atoms with van der Waals surface area (Å²) in [4.78, 5) is 14.5. The van der Waals surface area contributed by atoms with E-state index in [-0.39, 0.29) is 17.7 Å². The predicted molar refractivity (Wildman–Crippen MR) is 65.4 cm³/mol. The van der Waals surface area contributed by atoms with Crippen LogP contribution in [0.2, 0.25) is 0 Å². The normalized spacial score (nSPS) is 11.9. The molecule has 0 spiro atoms. The number of pyridine rings is 1. The zero-order chi connectivity index (χ0) is 12.8. The fourth-order valence-electron chi connectivity index (χ4n) is 1.22. The summed E-state index contributed by atoms with van der Waals surface area (Å²) < 4.78 is 5.49. The van der Waals surface area contributed by atoms with Crippen molar-refractivity contribution in [2.24, 2.45) is 0 Å². The van der Waals surface area contributed by atoms with Crippen molar-refractivity contribution in [3.63, 3.8) is 0 Å². The van der Waals surface area contributed by atoms with Crippen molar-refractivity contribution in [2.75, 3.05) is 11.9 Å². The topological polar surface area (TPSA) is 77.3 Å². The Hall–Kier alpha value is -1.85. The van der Waals surface area contributed by atoms with Crippen molar-refractivity contribution in [2.45, 2.75) is 33.3 Å². The van der Waals surface area contributed by atoms with Crippen LogP contribution in [0.1, 0.15) is 27.2 Å². The highest BCUT2D eigenvalue weighted by Crippen LogP contribution is 2.23. The molecule has 1 aromatic rings. The third-order valence-electron chi connectivity index (χ3n) is 2.25. The highest BCUT2D eigenvalue weighted by Gasteiger charge is 2.13. The van der Waals surface area contributed by atoms with Gasteiger partial charge in [-0.25, -0.2) is 0 Å². The Balaban J connectivity index is 2.99. The van der Waals surface area contributed by atoms with E-state index >= 15 is 0 Å². The first-order chi connectivity index (χ1) is 8.06. The molecule has 17 heavy (non-hydrogen) atoms. The van der Waals surface area contributed by atoms with Crippen LogP contribution < -0.4 is 10.1 Å². The van der Waals surface area contributed by atoms with E-state index in [0.29, 0.717) is 12.4 Å². The highest BCUT2D eigenvalue weighted by molar-refractivity contribution is 5.48. The second-order valence-corrected chi connectivity index (χ2v) is 3.67. The smallest absolute Gasteiger partial charge is 0.278 e. The minimum Gasteiger partial charge on any atom is -0.474 e. The number of nitro groups is 1. The van der Waals surface area contributed by atoms with Crippen molar-refractivity contribution in [3.8, 4) is 5.88 Å². The molecule has 0 bridgehead atoms. The molecule has 0 saturated carbocycles. The third kappa shape index (κ3) is 3.90. The van der Waals surface area contributed by atoms with E-state index in [4.69, 9.17) is 4.74 Å². The summed E-state index contributed by atoms with van der Waals surface area (Å²) in [5, 5.41) is 13.7. The number of aromatic nitrogens is 1. The number of anilines is 1.